The largest absolute Gasteiger partial charge is 0.496 e. The molecule has 5 nitrogen and oxygen atoms in total. The number of aromatic carboxylic acids is 1. The molecule has 0 amide bonds. The van der Waals surface area contributed by atoms with Crippen LogP contribution in [0.1, 0.15) is 29.4 Å². The molecular formula is C15H18N2O3. The summed E-state index contributed by atoms with van der Waals surface area (Å²) >= 11 is 0. The van der Waals surface area contributed by atoms with Crippen LogP contribution in [0.3, 0.4) is 0 Å². The predicted octanol–water partition coefficient (Wildman–Crippen LogP) is 2.98. The molecule has 0 radical (unpaired) electrons. The highest BCUT2D eigenvalue weighted by Crippen LogP contribution is 2.26. The predicted molar refractivity (Wildman–Crippen MR) is 76.2 cm³/mol. The molecule has 0 unspecified atom stereocenters. The summed E-state index contributed by atoms with van der Waals surface area (Å²) in [5.74, 6) is -0.150. The summed E-state index contributed by atoms with van der Waals surface area (Å²) in [6.45, 7) is 4.53. The summed E-state index contributed by atoms with van der Waals surface area (Å²) in [5.41, 5.74) is 2.77. The topological polar surface area (TPSA) is 64.4 Å². The van der Waals surface area contributed by atoms with Gasteiger partial charge in [0, 0.05) is 12.1 Å². The van der Waals surface area contributed by atoms with E-state index in [-0.39, 0.29) is 5.69 Å². The van der Waals surface area contributed by atoms with E-state index in [4.69, 9.17) is 4.74 Å². The highest BCUT2D eigenvalue weighted by atomic mass is 16.5. The lowest BCUT2D eigenvalue weighted by Gasteiger charge is -2.05. The van der Waals surface area contributed by atoms with Gasteiger partial charge in [-0.3, -0.25) is 4.68 Å². The molecule has 1 aromatic carbocycles. The van der Waals surface area contributed by atoms with Crippen molar-refractivity contribution in [1.29, 1.82) is 0 Å². The molecular weight excluding hydrogens is 256 g/mol. The maximum Gasteiger partial charge on any atom is 0.354 e. The number of carboxylic acid groups (broad SMARTS) is 1. The number of aryl methyl sites for hydroxylation is 2. The van der Waals surface area contributed by atoms with Gasteiger partial charge in [-0.15, -0.1) is 0 Å². The normalized spacial score (nSPS) is 10.6. The zero-order chi connectivity index (χ0) is 14.7. The van der Waals surface area contributed by atoms with E-state index in [0.717, 1.165) is 23.3 Å². The van der Waals surface area contributed by atoms with Gasteiger partial charge >= 0.3 is 5.97 Å². The number of carbonyl (C=O) groups is 1. The van der Waals surface area contributed by atoms with Gasteiger partial charge in [-0.05, 0) is 43.2 Å². The van der Waals surface area contributed by atoms with Crippen molar-refractivity contribution >= 4 is 5.97 Å². The molecule has 2 aromatic rings. The van der Waals surface area contributed by atoms with Crippen LogP contribution in [0.4, 0.5) is 0 Å². The van der Waals surface area contributed by atoms with Crippen LogP contribution < -0.4 is 4.74 Å². The summed E-state index contributed by atoms with van der Waals surface area (Å²) in [6.07, 6.45) is 0.836. The van der Waals surface area contributed by atoms with E-state index in [1.54, 1.807) is 13.2 Å². The smallest absolute Gasteiger partial charge is 0.354 e. The van der Waals surface area contributed by atoms with Gasteiger partial charge in [0.25, 0.3) is 0 Å². The fraction of sp³-hybridized carbons (Fsp3) is 0.333. The lowest BCUT2D eigenvalue weighted by molar-refractivity contribution is 0.0683. The van der Waals surface area contributed by atoms with Crippen molar-refractivity contribution in [2.75, 3.05) is 7.11 Å². The second kappa shape index (κ2) is 5.77. The number of rotatable bonds is 5. The second-order valence-electron chi connectivity index (χ2n) is 4.63. The molecule has 0 aliphatic heterocycles. The van der Waals surface area contributed by atoms with Gasteiger partial charge in [0.2, 0.25) is 0 Å². The minimum atomic E-state index is -0.956. The number of ether oxygens (including phenoxy) is 1. The van der Waals surface area contributed by atoms with E-state index in [0.29, 0.717) is 12.2 Å². The minimum Gasteiger partial charge on any atom is -0.496 e. The average molecular weight is 274 g/mol. The second-order valence-corrected chi connectivity index (χ2v) is 4.63. The van der Waals surface area contributed by atoms with Crippen molar-refractivity contribution in [3.63, 3.8) is 0 Å². The molecule has 1 N–H and O–H groups in total. The molecule has 0 atom stereocenters. The molecule has 0 aliphatic rings. The van der Waals surface area contributed by atoms with Crippen molar-refractivity contribution in [2.24, 2.45) is 0 Å². The van der Waals surface area contributed by atoms with E-state index in [1.807, 2.05) is 32.0 Å². The third-order valence-corrected chi connectivity index (χ3v) is 3.13. The molecule has 5 heteroatoms. The summed E-state index contributed by atoms with van der Waals surface area (Å²) < 4.78 is 6.76. The number of methoxy groups -OCH3 is 1. The number of aromatic nitrogens is 2. The molecule has 2 rings (SSSR count). The molecule has 0 aliphatic carbocycles. The number of hydrogen-bond donors (Lipinski definition) is 1. The monoisotopic (exact) mass is 274 g/mol. The SMILES string of the molecule is CCCn1nc(-c2ccc(OC)c(C)c2)cc1C(=O)O. The van der Waals surface area contributed by atoms with Gasteiger partial charge in [-0.25, -0.2) is 4.79 Å². The van der Waals surface area contributed by atoms with Crippen molar-refractivity contribution in [2.45, 2.75) is 26.8 Å². The summed E-state index contributed by atoms with van der Waals surface area (Å²) in [4.78, 5) is 11.2. The van der Waals surface area contributed by atoms with Gasteiger partial charge in [-0.2, -0.15) is 5.10 Å². The van der Waals surface area contributed by atoms with Crippen molar-refractivity contribution in [1.82, 2.24) is 9.78 Å². The Balaban J connectivity index is 2.44. The standard InChI is InChI=1S/C15H18N2O3/c1-4-7-17-13(15(18)19)9-12(16-17)11-5-6-14(20-3)10(2)8-11/h5-6,8-9H,4,7H2,1-3H3,(H,18,19). The Kier molecular flexibility index (Phi) is 4.08. The Labute approximate surface area is 117 Å². The molecule has 0 spiro atoms. The van der Waals surface area contributed by atoms with E-state index in [1.165, 1.54) is 4.68 Å². The Morgan fingerprint density at radius 1 is 1.40 bits per heavy atom. The molecule has 0 bridgehead atoms. The Bertz CT molecular complexity index is 632. The zero-order valence-electron chi connectivity index (χ0n) is 11.9. The molecule has 1 heterocycles. The third-order valence-electron chi connectivity index (χ3n) is 3.13. The summed E-state index contributed by atoms with van der Waals surface area (Å²) in [7, 11) is 1.63. The van der Waals surface area contributed by atoms with Crippen molar-refractivity contribution in [3.05, 3.63) is 35.5 Å². The fourth-order valence-electron chi connectivity index (χ4n) is 2.15. The highest BCUT2D eigenvalue weighted by Gasteiger charge is 2.15. The van der Waals surface area contributed by atoms with Crippen LogP contribution in [0.2, 0.25) is 0 Å². The van der Waals surface area contributed by atoms with Crippen LogP contribution in [0.5, 0.6) is 5.75 Å². The van der Waals surface area contributed by atoms with Crippen LogP contribution in [-0.4, -0.2) is 28.0 Å². The maximum absolute atomic E-state index is 11.2. The molecule has 0 saturated heterocycles. The van der Waals surface area contributed by atoms with Gasteiger partial charge in [0.15, 0.2) is 0 Å². The Morgan fingerprint density at radius 2 is 2.15 bits per heavy atom. The van der Waals surface area contributed by atoms with Gasteiger partial charge in [-0.1, -0.05) is 6.92 Å². The van der Waals surface area contributed by atoms with Gasteiger partial charge < -0.3 is 9.84 Å². The van der Waals surface area contributed by atoms with Crippen LogP contribution in [0, 0.1) is 6.92 Å². The van der Waals surface area contributed by atoms with Crippen LogP contribution in [0.25, 0.3) is 11.3 Å². The Hall–Kier alpha value is -2.30. The van der Waals surface area contributed by atoms with E-state index >= 15 is 0 Å². The van der Waals surface area contributed by atoms with E-state index in [2.05, 4.69) is 5.10 Å². The summed E-state index contributed by atoms with van der Waals surface area (Å²) in [6, 6.07) is 7.31. The van der Waals surface area contributed by atoms with Gasteiger partial charge in [0.1, 0.15) is 11.4 Å². The molecule has 1 aromatic heterocycles. The lowest BCUT2D eigenvalue weighted by atomic mass is 10.1. The molecule has 20 heavy (non-hydrogen) atoms. The maximum atomic E-state index is 11.2. The van der Waals surface area contributed by atoms with Crippen LogP contribution >= 0.6 is 0 Å². The first kappa shape index (κ1) is 14.1. The van der Waals surface area contributed by atoms with Gasteiger partial charge in [0.05, 0.1) is 12.8 Å². The zero-order valence-corrected chi connectivity index (χ0v) is 11.9. The summed E-state index contributed by atoms with van der Waals surface area (Å²) in [5, 5.41) is 13.6. The first-order valence-corrected chi connectivity index (χ1v) is 6.53. The number of nitrogens with zero attached hydrogens (tertiary/aromatic N) is 2. The molecule has 106 valence electrons. The first-order chi connectivity index (χ1) is 9.56. The third kappa shape index (κ3) is 2.66. The van der Waals surface area contributed by atoms with E-state index < -0.39 is 5.97 Å². The highest BCUT2D eigenvalue weighted by molar-refractivity contribution is 5.87. The quantitative estimate of drug-likeness (QED) is 0.910. The van der Waals surface area contributed by atoms with Crippen LogP contribution in [0.15, 0.2) is 24.3 Å². The number of benzene rings is 1. The fourth-order valence-corrected chi connectivity index (χ4v) is 2.15. The number of hydrogen-bond acceptors (Lipinski definition) is 3. The molecule has 0 saturated carbocycles. The minimum absolute atomic E-state index is 0.218. The lowest BCUT2D eigenvalue weighted by Crippen LogP contribution is -2.09. The van der Waals surface area contributed by atoms with Crippen molar-refractivity contribution in [3.8, 4) is 17.0 Å². The molecule has 0 fully saturated rings. The van der Waals surface area contributed by atoms with E-state index in [9.17, 15) is 9.90 Å². The average Bonchev–Trinajstić information content (AvgIpc) is 2.83. The van der Waals surface area contributed by atoms with Crippen LogP contribution in [-0.2, 0) is 6.54 Å². The Morgan fingerprint density at radius 3 is 2.70 bits per heavy atom. The van der Waals surface area contributed by atoms with Crippen molar-refractivity contribution < 1.29 is 14.6 Å². The number of carboxylic acids is 1. The first-order valence-electron chi connectivity index (χ1n) is 6.53.